The molecule has 0 saturated carbocycles. The number of benzene rings is 1. The van der Waals surface area contributed by atoms with Crippen molar-refractivity contribution < 1.29 is 14.3 Å². The Bertz CT molecular complexity index is 515. The number of hydrogen-bond donors (Lipinski definition) is 0. The van der Waals surface area contributed by atoms with Gasteiger partial charge in [-0.15, -0.1) is 0 Å². The van der Waals surface area contributed by atoms with Crippen LogP contribution >= 0.6 is 11.6 Å². The zero-order chi connectivity index (χ0) is 14.0. The highest BCUT2D eigenvalue weighted by Gasteiger charge is 2.36. The lowest BCUT2D eigenvalue weighted by atomic mass is 10.1. The Balaban J connectivity index is 2.15. The van der Waals surface area contributed by atoms with E-state index < -0.39 is 0 Å². The Morgan fingerprint density at radius 1 is 1.53 bits per heavy atom. The van der Waals surface area contributed by atoms with Crippen LogP contribution in [0.15, 0.2) is 18.2 Å². The maximum absolute atomic E-state index is 12.0. The molecular formula is C14H16ClNO3. The summed E-state index contributed by atoms with van der Waals surface area (Å²) in [4.78, 5) is 25.2. The van der Waals surface area contributed by atoms with E-state index >= 15 is 0 Å². The number of ether oxygens (including phenoxy) is 1. The first-order chi connectivity index (χ1) is 9.02. The second-order valence-corrected chi connectivity index (χ2v) is 5.00. The summed E-state index contributed by atoms with van der Waals surface area (Å²) >= 11 is 6.06. The van der Waals surface area contributed by atoms with E-state index in [4.69, 9.17) is 16.3 Å². The fourth-order valence-corrected chi connectivity index (χ4v) is 2.30. The maximum atomic E-state index is 12.0. The second-order valence-electron chi connectivity index (χ2n) is 4.59. The van der Waals surface area contributed by atoms with Crippen molar-refractivity contribution in [1.82, 2.24) is 0 Å². The lowest BCUT2D eigenvalue weighted by molar-refractivity contribution is -0.147. The van der Waals surface area contributed by atoms with Gasteiger partial charge in [-0.3, -0.25) is 9.59 Å². The second kappa shape index (κ2) is 5.61. The Morgan fingerprint density at radius 3 is 2.89 bits per heavy atom. The van der Waals surface area contributed by atoms with Gasteiger partial charge >= 0.3 is 5.97 Å². The lowest BCUT2D eigenvalue weighted by Gasteiger charge is -2.17. The zero-order valence-corrected chi connectivity index (χ0v) is 11.7. The molecule has 1 fully saturated rings. The summed E-state index contributed by atoms with van der Waals surface area (Å²) in [5, 5.41) is 0.616. The smallest absolute Gasteiger partial charge is 0.311 e. The van der Waals surface area contributed by atoms with Gasteiger partial charge in [-0.25, -0.2) is 0 Å². The first-order valence-electron chi connectivity index (χ1n) is 6.26. The minimum Gasteiger partial charge on any atom is -0.466 e. The van der Waals surface area contributed by atoms with Crippen LogP contribution in [0.3, 0.4) is 0 Å². The van der Waals surface area contributed by atoms with Crippen LogP contribution in [0.4, 0.5) is 5.69 Å². The van der Waals surface area contributed by atoms with Gasteiger partial charge in [-0.2, -0.15) is 0 Å². The van der Waals surface area contributed by atoms with Crippen molar-refractivity contribution >= 4 is 29.2 Å². The van der Waals surface area contributed by atoms with Crippen LogP contribution in [0.2, 0.25) is 5.02 Å². The molecule has 19 heavy (non-hydrogen) atoms. The van der Waals surface area contributed by atoms with E-state index in [0.29, 0.717) is 18.2 Å². The highest BCUT2D eigenvalue weighted by atomic mass is 35.5. The minimum absolute atomic E-state index is 0.0713. The zero-order valence-electron chi connectivity index (χ0n) is 11.0. The molecule has 1 aliphatic rings. The molecule has 4 nitrogen and oxygen atoms in total. The van der Waals surface area contributed by atoms with Gasteiger partial charge in [0.25, 0.3) is 0 Å². The first-order valence-corrected chi connectivity index (χ1v) is 6.64. The molecule has 1 aromatic rings. The van der Waals surface area contributed by atoms with E-state index in [1.165, 1.54) is 0 Å². The van der Waals surface area contributed by atoms with Crippen molar-refractivity contribution in [2.45, 2.75) is 20.3 Å². The summed E-state index contributed by atoms with van der Waals surface area (Å²) < 4.78 is 4.96. The van der Waals surface area contributed by atoms with Gasteiger partial charge < -0.3 is 9.64 Å². The predicted molar refractivity (Wildman–Crippen MR) is 73.3 cm³/mol. The first kappa shape index (κ1) is 13.9. The Morgan fingerprint density at radius 2 is 2.26 bits per heavy atom. The maximum Gasteiger partial charge on any atom is 0.311 e. The van der Waals surface area contributed by atoms with Gasteiger partial charge in [-0.1, -0.05) is 17.7 Å². The van der Waals surface area contributed by atoms with E-state index in [9.17, 15) is 9.59 Å². The monoisotopic (exact) mass is 281 g/mol. The number of aryl methyl sites for hydroxylation is 1. The third-order valence-corrected chi connectivity index (χ3v) is 3.62. The number of rotatable bonds is 3. The van der Waals surface area contributed by atoms with Crippen molar-refractivity contribution in [2.75, 3.05) is 18.1 Å². The van der Waals surface area contributed by atoms with E-state index in [1.807, 2.05) is 19.1 Å². The van der Waals surface area contributed by atoms with Crippen LogP contribution in [0.25, 0.3) is 0 Å². The number of amides is 1. The molecule has 1 aromatic carbocycles. The largest absolute Gasteiger partial charge is 0.466 e. The van der Waals surface area contributed by atoms with Crippen LogP contribution in [0, 0.1) is 12.8 Å². The van der Waals surface area contributed by atoms with Gasteiger partial charge in [0.15, 0.2) is 0 Å². The van der Waals surface area contributed by atoms with Crippen LogP contribution in [0.1, 0.15) is 18.9 Å². The summed E-state index contributed by atoms with van der Waals surface area (Å²) in [5.41, 5.74) is 1.69. The third kappa shape index (κ3) is 2.89. The number of carbonyl (C=O) groups excluding carboxylic acids is 2. The van der Waals surface area contributed by atoms with Crippen LogP contribution in [0.5, 0.6) is 0 Å². The normalized spacial score (nSPS) is 18.8. The molecule has 5 heteroatoms. The average Bonchev–Trinajstić information content (AvgIpc) is 2.75. The van der Waals surface area contributed by atoms with Gasteiger partial charge in [0.2, 0.25) is 5.91 Å². The van der Waals surface area contributed by atoms with Gasteiger partial charge in [0.05, 0.1) is 12.5 Å². The average molecular weight is 282 g/mol. The highest BCUT2D eigenvalue weighted by molar-refractivity contribution is 6.31. The molecule has 102 valence electrons. The molecular weight excluding hydrogens is 266 g/mol. The Labute approximate surface area is 117 Å². The van der Waals surface area contributed by atoms with E-state index in [1.54, 1.807) is 17.9 Å². The lowest BCUT2D eigenvalue weighted by Crippen LogP contribution is -2.26. The molecule has 2 rings (SSSR count). The summed E-state index contributed by atoms with van der Waals surface area (Å²) in [6.45, 7) is 4.35. The quantitative estimate of drug-likeness (QED) is 0.800. The van der Waals surface area contributed by atoms with Gasteiger partial charge in [0.1, 0.15) is 0 Å². The number of hydrogen-bond acceptors (Lipinski definition) is 3. The molecule has 1 heterocycles. The van der Waals surface area contributed by atoms with Crippen LogP contribution < -0.4 is 4.90 Å². The van der Waals surface area contributed by atoms with Crippen LogP contribution in [-0.2, 0) is 14.3 Å². The molecule has 0 unspecified atom stereocenters. The molecule has 1 saturated heterocycles. The van der Waals surface area contributed by atoms with Gasteiger partial charge in [0, 0.05) is 23.7 Å². The van der Waals surface area contributed by atoms with Crippen molar-refractivity contribution in [3.8, 4) is 0 Å². The van der Waals surface area contributed by atoms with Crippen molar-refractivity contribution in [2.24, 2.45) is 5.92 Å². The van der Waals surface area contributed by atoms with E-state index in [0.717, 1.165) is 11.3 Å². The minimum atomic E-state index is -0.382. The summed E-state index contributed by atoms with van der Waals surface area (Å²) in [5.74, 6) is -0.762. The fourth-order valence-electron chi connectivity index (χ4n) is 2.12. The standard InChI is InChI=1S/C14H16ClNO3/c1-3-19-14(18)10-6-13(17)16(8-10)11-5-4-9(2)12(15)7-11/h4-5,7,10H,3,6,8H2,1-2H3/t10-/m1/s1. The topological polar surface area (TPSA) is 46.6 Å². The molecule has 0 radical (unpaired) electrons. The highest BCUT2D eigenvalue weighted by Crippen LogP contribution is 2.29. The molecule has 0 aromatic heterocycles. The molecule has 0 N–H and O–H groups in total. The van der Waals surface area contributed by atoms with E-state index in [2.05, 4.69) is 0 Å². The molecule has 1 atom stereocenters. The molecule has 1 aliphatic heterocycles. The number of anilines is 1. The Kier molecular flexibility index (Phi) is 4.10. The SMILES string of the molecule is CCOC(=O)[C@@H]1CC(=O)N(c2ccc(C)c(Cl)c2)C1. The number of esters is 1. The van der Waals surface area contributed by atoms with Crippen molar-refractivity contribution in [3.63, 3.8) is 0 Å². The van der Waals surface area contributed by atoms with Gasteiger partial charge in [-0.05, 0) is 31.5 Å². The molecule has 0 bridgehead atoms. The predicted octanol–water partition coefficient (Wildman–Crippen LogP) is 2.56. The van der Waals surface area contributed by atoms with E-state index in [-0.39, 0.29) is 24.2 Å². The van der Waals surface area contributed by atoms with Crippen molar-refractivity contribution in [1.29, 1.82) is 0 Å². The third-order valence-electron chi connectivity index (χ3n) is 3.21. The summed E-state index contributed by atoms with van der Waals surface area (Å²) in [6, 6.07) is 5.46. The molecule has 0 aliphatic carbocycles. The van der Waals surface area contributed by atoms with Crippen molar-refractivity contribution in [3.05, 3.63) is 28.8 Å². The number of carbonyl (C=O) groups is 2. The summed E-state index contributed by atoms with van der Waals surface area (Å²) in [7, 11) is 0. The number of nitrogens with zero attached hydrogens (tertiary/aromatic N) is 1. The number of halogens is 1. The Hall–Kier alpha value is -1.55. The molecule has 0 spiro atoms. The molecule has 1 amide bonds. The summed E-state index contributed by atoms with van der Waals surface area (Å²) in [6.07, 6.45) is 0.199. The van der Waals surface area contributed by atoms with Crippen LogP contribution in [-0.4, -0.2) is 25.0 Å². The fraction of sp³-hybridized carbons (Fsp3) is 0.429.